The number of sulfonamides is 1. The lowest BCUT2D eigenvalue weighted by Gasteiger charge is -2.32. The van der Waals surface area contributed by atoms with E-state index in [-0.39, 0.29) is 16.7 Å². The van der Waals surface area contributed by atoms with Gasteiger partial charge in [0.2, 0.25) is 15.9 Å². The summed E-state index contributed by atoms with van der Waals surface area (Å²) in [6.45, 7) is 1.66. The second-order valence-corrected chi connectivity index (χ2v) is 8.84. The maximum Gasteiger partial charge on any atom is 0.238 e. The van der Waals surface area contributed by atoms with Crippen LogP contribution in [0.3, 0.4) is 0 Å². The normalized spacial score (nSPS) is 16.8. The minimum atomic E-state index is -3.73. The molecule has 162 valence electrons. The number of primary sulfonamides is 1. The zero-order valence-electron chi connectivity index (χ0n) is 16.6. The van der Waals surface area contributed by atoms with Crippen LogP contribution in [0.5, 0.6) is 0 Å². The molecule has 11 nitrogen and oxygen atoms in total. The van der Waals surface area contributed by atoms with Crippen LogP contribution in [0.1, 0.15) is 18.4 Å². The Labute approximate surface area is 179 Å². The van der Waals surface area contributed by atoms with Crippen LogP contribution in [0.4, 0.5) is 5.82 Å². The molecule has 1 aliphatic rings. The molecule has 1 fully saturated rings. The van der Waals surface area contributed by atoms with Crippen LogP contribution < -0.4 is 15.4 Å². The molecule has 0 aliphatic carbocycles. The molecule has 1 amide bonds. The number of hydrogen-bond donors (Lipinski definition) is 2. The van der Waals surface area contributed by atoms with Gasteiger partial charge in [-0.05, 0) is 42.7 Å². The predicted molar refractivity (Wildman–Crippen MR) is 112 cm³/mol. The number of anilines is 1. The van der Waals surface area contributed by atoms with Gasteiger partial charge in [0.05, 0.1) is 10.8 Å². The van der Waals surface area contributed by atoms with Gasteiger partial charge >= 0.3 is 0 Å². The van der Waals surface area contributed by atoms with E-state index in [2.05, 4.69) is 25.6 Å². The molecule has 0 bridgehead atoms. The molecule has 1 aliphatic heterocycles. The molecular formula is C19H22N8O3S. The highest BCUT2D eigenvalue weighted by Crippen LogP contribution is 2.22. The van der Waals surface area contributed by atoms with Gasteiger partial charge in [0, 0.05) is 19.6 Å². The SMILES string of the molecule is NS(=O)(=O)c1ccc(CNC(=O)C2CCCN(c3ccc(-n4cncn4)nn3)C2)cc1. The first kappa shape index (κ1) is 20.9. The fourth-order valence-corrected chi connectivity index (χ4v) is 3.98. The molecule has 0 radical (unpaired) electrons. The number of aromatic nitrogens is 5. The van der Waals surface area contributed by atoms with Gasteiger partial charge in [-0.2, -0.15) is 5.10 Å². The third kappa shape index (κ3) is 5.03. The van der Waals surface area contributed by atoms with Crippen LogP contribution >= 0.6 is 0 Å². The van der Waals surface area contributed by atoms with Crippen LogP contribution in [0.2, 0.25) is 0 Å². The summed E-state index contributed by atoms with van der Waals surface area (Å²) in [6.07, 6.45) is 4.64. The van der Waals surface area contributed by atoms with Crippen molar-refractivity contribution < 1.29 is 13.2 Å². The Balaban J connectivity index is 1.34. The van der Waals surface area contributed by atoms with Crippen molar-refractivity contribution in [2.24, 2.45) is 11.1 Å². The van der Waals surface area contributed by atoms with Crippen LogP contribution in [0.25, 0.3) is 5.82 Å². The van der Waals surface area contributed by atoms with E-state index in [9.17, 15) is 13.2 Å². The van der Waals surface area contributed by atoms with E-state index in [1.807, 2.05) is 17.0 Å². The molecule has 4 rings (SSSR count). The summed E-state index contributed by atoms with van der Waals surface area (Å²) in [5.41, 5.74) is 0.794. The monoisotopic (exact) mass is 442 g/mol. The van der Waals surface area contributed by atoms with Crippen molar-refractivity contribution in [3.8, 4) is 5.82 Å². The molecule has 0 spiro atoms. The van der Waals surface area contributed by atoms with E-state index >= 15 is 0 Å². The van der Waals surface area contributed by atoms with E-state index in [1.54, 1.807) is 18.5 Å². The number of benzene rings is 1. The summed E-state index contributed by atoms with van der Waals surface area (Å²) in [6, 6.07) is 9.81. The number of amides is 1. The highest BCUT2D eigenvalue weighted by molar-refractivity contribution is 7.89. The maximum absolute atomic E-state index is 12.7. The quantitative estimate of drug-likeness (QED) is 0.551. The van der Waals surface area contributed by atoms with Crippen LogP contribution in [-0.4, -0.2) is 52.4 Å². The minimum Gasteiger partial charge on any atom is -0.354 e. The number of nitrogens with one attached hydrogen (secondary N) is 1. The van der Waals surface area contributed by atoms with E-state index in [0.29, 0.717) is 24.7 Å². The largest absolute Gasteiger partial charge is 0.354 e. The third-order valence-electron chi connectivity index (χ3n) is 5.12. The molecule has 1 unspecified atom stereocenters. The van der Waals surface area contributed by atoms with Crippen molar-refractivity contribution in [2.75, 3.05) is 18.0 Å². The van der Waals surface area contributed by atoms with Crippen molar-refractivity contribution in [1.29, 1.82) is 0 Å². The van der Waals surface area contributed by atoms with Crippen molar-refractivity contribution >= 4 is 21.7 Å². The van der Waals surface area contributed by atoms with E-state index in [4.69, 9.17) is 5.14 Å². The summed E-state index contributed by atoms with van der Waals surface area (Å²) in [7, 11) is -3.73. The summed E-state index contributed by atoms with van der Waals surface area (Å²) >= 11 is 0. The highest BCUT2D eigenvalue weighted by Gasteiger charge is 2.26. The molecular weight excluding hydrogens is 420 g/mol. The van der Waals surface area contributed by atoms with Gasteiger partial charge in [0.1, 0.15) is 12.7 Å². The smallest absolute Gasteiger partial charge is 0.238 e. The Kier molecular flexibility index (Phi) is 5.91. The first-order chi connectivity index (χ1) is 14.9. The molecule has 2 aromatic heterocycles. The molecule has 0 saturated carbocycles. The predicted octanol–water partition coefficient (Wildman–Crippen LogP) is 0.237. The van der Waals surface area contributed by atoms with Gasteiger partial charge in [-0.1, -0.05) is 12.1 Å². The number of rotatable bonds is 6. The molecule has 3 N–H and O–H groups in total. The van der Waals surface area contributed by atoms with E-state index in [1.165, 1.54) is 23.1 Å². The van der Waals surface area contributed by atoms with Crippen molar-refractivity contribution in [2.45, 2.75) is 24.3 Å². The van der Waals surface area contributed by atoms with Gasteiger partial charge in [-0.3, -0.25) is 4.79 Å². The fourth-order valence-electron chi connectivity index (χ4n) is 3.47. The molecule has 1 atom stereocenters. The number of nitrogens with zero attached hydrogens (tertiary/aromatic N) is 6. The van der Waals surface area contributed by atoms with Gasteiger partial charge in [-0.15, -0.1) is 10.2 Å². The molecule has 3 heterocycles. The van der Waals surface area contributed by atoms with Gasteiger partial charge in [-0.25, -0.2) is 23.2 Å². The number of carbonyl (C=O) groups excluding carboxylic acids is 1. The Hall–Kier alpha value is -3.38. The first-order valence-electron chi connectivity index (χ1n) is 9.73. The first-order valence-corrected chi connectivity index (χ1v) is 11.3. The summed E-state index contributed by atoms with van der Waals surface area (Å²) < 4.78 is 24.2. The number of hydrogen-bond acceptors (Lipinski definition) is 8. The Morgan fingerprint density at radius 3 is 2.52 bits per heavy atom. The number of nitrogens with two attached hydrogens (primary N) is 1. The summed E-state index contributed by atoms with van der Waals surface area (Å²) in [4.78, 5) is 18.7. The standard InChI is InChI=1S/C19H22N8O3S/c20-31(29,30)16-5-3-14(4-6-16)10-22-19(28)15-2-1-9-26(11-15)17-7-8-18(25-24-17)27-13-21-12-23-27/h3-8,12-13,15H,1-2,9-11H2,(H,22,28)(H2,20,29,30). The van der Waals surface area contributed by atoms with Crippen molar-refractivity contribution in [1.82, 2.24) is 30.3 Å². The third-order valence-corrected chi connectivity index (χ3v) is 6.05. The number of piperidine rings is 1. The Bertz CT molecular complexity index is 1130. The summed E-state index contributed by atoms with van der Waals surface area (Å²) in [5.74, 6) is 1.06. The summed E-state index contributed by atoms with van der Waals surface area (Å²) in [5, 5.41) is 20.5. The fraction of sp³-hybridized carbons (Fsp3) is 0.316. The van der Waals surface area contributed by atoms with E-state index < -0.39 is 10.0 Å². The average molecular weight is 443 g/mol. The van der Waals surface area contributed by atoms with Crippen LogP contribution in [0.15, 0.2) is 53.9 Å². The Morgan fingerprint density at radius 2 is 1.87 bits per heavy atom. The lowest BCUT2D eigenvalue weighted by molar-refractivity contribution is -0.125. The highest BCUT2D eigenvalue weighted by atomic mass is 32.2. The molecule has 1 saturated heterocycles. The maximum atomic E-state index is 12.7. The Morgan fingerprint density at radius 1 is 1.13 bits per heavy atom. The van der Waals surface area contributed by atoms with Gasteiger partial charge in [0.15, 0.2) is 11.6 Å². The van der Waals surface area contributed by atoms with Gasteiger partial charge < -0.3 is 10.2 Å². The molecule has 3 aromatic rings. The van der Waals surface area contributed by atoms with E-state index in [0.717, 1.165) is 24.9 Å². The average Bonchev–Trinajstić information content (AvgIpc) is 3.32. The van der Waals surface area contributed by atoms with Crippen molar-refractivity contribution in [3.63, 3.8) is 0 Å². The molecule has 12 heteroatoms. The lowest BCUT2D eigenvalue weighted by Crippen LogP contribution is -2.43. The molecule has 1 aromatic carbocycles. The topological polar surface area (TPSA) is 149 Å². The van der Waals surface area contributed by atoms with Crippen molar-refractivity contribution in [3.05, 3.63) is 54.6 Å². The van der Waals surface area contributed by atoms with Crippen LogP contribution in [-0.2, 0) is 21.4 Å². The zero-order chi connectivity index (χ0) is 21.8. The van der Waals surface area contributed by atoms with Crippen LogP contribution in [0, 0.1) is 5.92 Å². The minimum absolute atomic E-state index is 0.0430. The lowest BCUT2D eigenvalue weighted by atomic mass is 9.97. The second kappa shape index (κ2) is 8.78. The van der Waals surface area contributed by atoms with Gasteiger partial charge in [0.25, 0.3) is 0 Å². The molecule has 31 heavy (non-hydrogen) atoms. The number of carbonyl (C=O) groups is 1. The zero-order valence-corrected chi connectivity index (χ0v) is 17.4. The second-order valence-electron chi connectivity index (χ2n) is 7.28.